The molecule has 0 saturated carbocycles. The summed E-state index contributed by atoms with van der Waals surface area (Å²) in [5.41, 5.74) is 1.05. The monoisotopic (exact) mass is 266 g/mol. The van der Waals surface area contributed by atoms with Crippen molar-refractivity contribution < 1.29 is 4.74 Å². The van der Waals surface area contributed by atoms with Gasteiger partial charge in [0.2, 0.25) is 5.95 Å². The van der Waals surface area contributed by atoms with E-state index in [2.05, 4.69) is 32.2 Å². The molecule has 0 radical (unpaired) electrons. The second-order valence-electron chi connectivity index (χ2n) is 4.17. The molecule has 0 aliphatic heterocycles. The smallest absolute Gasteiger partial charge is 0.203 e. The van der Waals surface area contributed by atoms with Crippen molar-refractivity contribution in [2.45, 2.75) is 26.4 Å². The molecular weight excluding hydrogens is 248 g/mol. The summed E-state index contributed by atoms with van der Waals surface area (Å²) in [4.78, 5) is 8.73. The Morgan fingerprint density at radius 3 is 3.06 bits per heavy atom. The van der Waals surface area contributed by atoms with Crippen LogP contribution in [0.15, 0.2) is 17.8 Å². The lowest BCUT2D eigenvalue weighted by Gasteiger charge is -2.15. The van der Waals surface area contributed by atoms with Crippen molar-refractivity contribution in [3.63, 3.8) is 0 Å². The lowest BCUT2D eigenvalue weighted by Crippen LogP contribution is -2.14. The number of hydrogen-bond donors (Lipinski definition) is 1. The van der Waals surface area contributed by atoms with Crippen LogP contribution in [0.3, 0.4) is 0 Å². The fraction of sp³-hybridized carbons (Fsp3) is 0.500. The third-order valence-electron chi connectivity index (χ3n) is 2.65. The Kier molecular flexibility index (Phi) is 4.33. The van der Waals surface area contributed by atoms with Gasteiger partial charge in [-0.05, 0) is 13.8 Å². The van der Waals surface area contributed by atoms with E-state index in [1.165, 1.54) is 0 Å². The molecule has 6 heteroatoms. The number of nitrogens with zero attached hydrogens (tertiary/aromatic N) is 3. The molecule has 2 aromatic heterocycles. The van der Waals surface area contributed by atoms with Crippen LogP contribution in [-0.4, -0.2) is 28.3 Å². The normalized spacial score (nSPS) is 12.6. The quantitative estimate of drug-likeness (QED) is 0.872. The van der Waals surface area contributed by atoms with Gasteiger partial charge in [0.1, 0.15) is 0 Å². The molecule has 0 saturated heterocycles. The topological polar surface area (TPSA) is 52.0 Å². The van der Waals surface area contributed by atoms with Crippen molar-refractivity contribution in [3.05, 3.63) is 28.5 Å². The van der Waals surface area contributed by atoms with E-state index in [4.69, 9.17) is 4.74 Å². The molecule has 0 fully saturated rings. The molecule has 1 N–H and O–H groups in total. The van der Waals surface area contributed by atoms with Gasteiger partial charge in [0, 0.05) is 24.9 Å². The summed E-state index contributed by atoms with van der Waals surface area (Å²) in [5, 5.41) is 6.45. The Balaban J connectivity index is 1.99. The van der Waals surface area contributed by atoms with Gasteiger partial charge in [-0.1, -0.05) is 0 Å². The standard InChI is InChI=1S/C12H18N4OS/c1-9(7-17-3)16-5-4-13-12(16)14-6-11-8-18-10(2)15-11/h4-5,8-9H,6-7H2,1-3H3,(H,13,14). The second-order valence-corrected chi connectivity index (χ2v) is 5.24. The Bertz CT molecular complexity index is 494. The first kappa shape index (κ1) is 13.0. The fourth-order valence-corrected chi connectivity index (χ4v) is 2.40. The first-order valence-electron chi connectivity index (χ1n) is 5.87. The summed E-state index contributed by atoms with van der Waals surface area (Å²) in [5.74, 6) is 0.852. The van der Waals surface area contributed by atoms with Gasteiger partial charge < -0.3 is 14.6 Å². The lowest BCUT2D eigenvalue weighted by atomic mass is 10.3. The molecule has 0 amide bonds. The van der Waals surface area contributed by atoms with Crippen LogP contribution in [0, 0.1) is 6.92 Å². The van der Waals surface area contributed by atoms with Gasteiger partial charge in [0.15, 0.2) is 0 Å². The van der Waals surface area contributed by atoms with Gasteiger partial charge in [-0.2, -0.15) is 0 Å². The van der Waals surface area contributed by atoms with Gasteiger partial charge in [0.25, 0.3) is 0 Å². The second kappa shape index (κ2) is 5.97. The number of anilines is 1. The molecule has 0 aliphatic rings. The van der Waals surface area contributed by atoms with Gasteiger partial charge in [-0.15, -0.1) is 11.3 Å². The summed E-state index contributed by atoms with van der Waals surface area (Å²) < 4.78 is 7.23. The van der Waals surface area contributed by atoms with Gasteiger partial charge >= 0.3 is 0 Å². The zero-order valence-electron chi connectivity index (χ0n) is 10.9. The van der Waals surface area contributed by atoms with Crippen molar-refractivity contribution in [2.75, 3.05) is 19.0 Å². The zero-order chi connectivity index (χ0) is 13.0. The molecule has 5 nitrogen and oxygen atoms in total. The van der Waals surface area contributed by atoms with Crippen LogP contribution in [0.4, 0.5) is 5.95 Å². The van der Waals surface area contributed by atoms with Crippen LogP contribution >= 0.6 is 11.3 Å². The number of methoxy groups -OCH3 is 1. The zero-order valence-corrected chi connectivity index (χ0v) is 11.7. The van der Waals surface area contributed by atoms with E-state index in [9.17, 15) is 0 Å². The highest BCUT2D eigenvalue weighted by Gasteiger charge is 2.09. The van der Waals surface area contributed by atoms with Crippen LogP contribution in [-0.2, 0) is 11.3 Å². The highest BCUT2D eigenvalue weighted by atomic mass is 32.1. The van der Waals surface area contributed by atoms with E-state index in [0.29, 0.717) is 13.2 Å². The maximum atomic E-state index is 5.16. The third kappa shape index (κ3) is 3.08. The first-order chi connectivity index (χ1) is 8.70. The van der Waals surface area contributed by atoms with E-state index < -0.39 is 0 Å². The van der Waals surface area contributed by atoms with E-state index >= 15 is 0 Å². The molecule has 2 rings (SSSR count). The predicted molar refractivity (Wildman–Crippen MR) is 73.0 cm³/mol. The Hall–Kier alpha value is -1.40. The number of rotatable bonds is 6. The van der Waals surface area contributed by atoms with Gasteiger partial charge in [0.05, 0.1) is 29.9 Å². The van der Waals surface area contributed by atoms with E-state index in [1.807, 2.05) is 13.1 Å². The molecule has 1 unspecified atom stereocenters. The van der Waals surface area contributed by atoms with Crippen LogP contribution in [0.1, 0.15) is 23.7 Å². The number of aromatic nitrogens is 3. The largest absolute Gasteiger partial charge is 0.383 e. The maximum absolute atomic E-state index is 5.16. The number of imidazole rings is 1. The van der Waals surface area contributed by atoms with Crippen molar-refractivity contribution in [1.29, 1.82) is 0 Å². The molecule has 2 aromatic rings. The highest BCUT2D eigenvalue weighted by molar-refractivity contribution is 7.09. The average molecular weight is 266 g/mol. The molecule has 2 heterocycles. The van der Waals surface area contributed by atoms with E-state index in [1.54, 1.807) is 24.6 Å². The van der Waals surface area contributed by atoms with Gasteiger partial charge in [-0.3, -0.25) is 0 Å². The molecule has 0 aliphatic carbocycles. The highest BCUT2D eigenvalue weighted by Crippen LogP contribution is 2.15. The van der Waals surface area contributed by atoms with Crippen LogP contribution in [0.5, 0.6) is 0 Å². The number of hydrogen-bond acceptors (Lipinski definition) is 5. The van der Waals surface area contributed by atoms with Crippen molar-refractivity contribution in [3.8, 4) is 0 Å². The molecule has 98 valence electrons. The number of aryl methyl sites for hydroxylation is 1. The van der Waals surface area contributed by atoms with Crippen LogP contribution in [0.25, 0.3) is 0 Å². The minimum absolute atomic E-state index is 0.261. The van der Waals surface area contributed by atoms with Crippen molar-refractivity contribution >= 4 is 17.3 Å². The average Bonchev–Trinajstić information content (AvgIpc) is 2.95. The molecule has 0 spiro atoms. The SMILES string of the molecule is COCC(C)n1ccnc1NCc1csc(C)n1. The number of nitrogens with one attached hydrogen (secondary N) is 1. The summed E-state index contributed by atoms with van der Waals surface area (Å²) >= 11 is 1.66. The van der Waals surface area contributed by atoms with Crippen LogP contribution in [0.2, 0.25) is 0 Å². The Labute approximate surface area is 111 Å². The minimum atomic E-state index is 0.261. The predicted octanol–water partition coefficient (Wildman–Crippen LogP) is 2.47. The van der Waals surface area contributed by atoms with Crippen molar-refractivity contribution in [2.24, 2.45) is 0 Å². The van der Waals surface area contributed by atoms with Crippen LogP contribution < -0.4 is 5.32 Å². The Morgan fingerprint density at radius 2 is 2.39 bits per heavy atom. The summed E-state index contributed by atoms with van der Waals surface area (Å²) in [7, 11) is 1.71. The molecule has 18 heavy (non-hydrogen) atoms. The number of thiazole rings is 1. The summed E-state index contributed by atoms with van der Waals surface area (Å²) in [6.45, 7) is 5.47. The number of ether oxygens (including phenoxy) is 1. The first-order valence-corrected chi connectivity index (χ1v) is 6.75. The summed E-state index contributed by atoms with van der Waals surface area (Å²) in [6, 6.07) is 0.261. The molecular formula is C12H18N4OS. The minimum Gasteiger partial charge on any atom is -0.383 e. The summed E-state index contributed by atoms with van der Waals surface area (Å²) in [6.07, 6.45) is 3.75. The molecule has 0 aromatic carbocycles. The third-order valence-corrected chi connectivity index (χ3v) is 3.47. The fourth-order valence-electron chi connectivity index (χ4n) is 1.79. The van der Waals surface area contributed by atoms with E-state index in [0.717, 1.165) is 16.6 Å². The maximum Gasteiger partial charge on any atom is 0.203 e. The molecule has 1 atom stereocenters. The van der Waals surface area contributed by atoms with Gasteiger partial charge in [-0.25, -0.2) is 9.97 Å². The molecule has 0 bridgehead atoms. The van der Waals surface area contributed by atoms with Crippen molar-refractivity contribution in [1.82, 2.24) is 14.5 Å². The Morgan fingerprint density at radius 1 is 1.56 bits per heavy atom. The van der Waals surface area contributed by atoms with E-state index in [-0.39, 0.29) is 6.04 Å². The lowest BCUT2D eigenvalue weighted by molar-refractivity contribution is 0.163.